The van der Waals surface area contributed by atoms with Crippen LogP contribution in [0, 0.1) is 0 Å². The van der Waals surface area contributed by atoms with Gasteiger partial charge in [-0.3, -0.25) is 4.90 Å². The summed E-state index contributed by atoms with van der Waals surface area (Å²) < 4.78 is 5.97. The normalized spacial score (nSPS) is 28.3. The van der Waals surface area contributed by atoms with Crippen LogP contribution in [-0.4, -0.2) is 43.3 Å². The lowest BCUT2D eigenvalue weighted by Crippen LogP contribution is -2.49. The Hall–Kier alpha value is -0.610. The van der Waals surface area contributed by atoms with Crippen LogP contribution in [0.25, 0.3) is 0 Å². The Kier molecular flexibility index (Phi) is 4.61. The molecule has 0 aliphatic carbocycles. The third-order valence-corrected chi connectivity index (χ3v) is 4.70. The fourth-order valence-electron chi connectivity index (χ4n) is 3.21. The van der Waals surface area contributed by atoms with E-state index in [0.717, 1.165) is 24.7 Å². The summed E-state index contributed by atoms with van der Waals surface area (Å²) in [7, 11) is 0. The molecule has 0 aromatic heterocycles. The first-order valence-electron chi connectivity index (χ1n) is 7.57. The fourth-order valence-corrected chi connectivity index (χ4v) is 3.41. The molecule has 0 spiro atoms. The highest BCUT2D eigenvalue weighted by Crippen LogP contribution is 2.23. The van der Waals surface area contributed by atoms with Crippen LogP contribution in [0.5, 0.6) is 0 Å². The van der Waals surface area contributed by atoms with Gasteiger partial charge >= 0.3 is 0 Å². The number of hydrogen-bond acceptors (Lipinski definition) is 3. The zero-order valence-electron chi connectivity index (χ0n) is 12.0. The van der Waals surface area contributed by atoms with Crippen LogP contribution in [0.15, 0.2) is 24.3 Å². The molecule has 0 saturated carbocycles. The molecule has 0 amide bonds. The number of benzene rings is 1. The van der Waals surface area contributed by atoms with Gasteiger partial charge in [-0.25, -0.2) is 0 Å². The molecule has 1 aromatic carbocycles. The fraction of sp³-hybridized carbons (Fsp3) is 0.625. The van der Waals surface area contributed by atoms with Crippen LogP contribution in [0.3, 0.4) is 0 Å². The van der Waals surface area contributed by atoms with Crippen molar-refractivity contribution in [3.63, 3.8) is 0 Å². The van der Waals surface area contributed by atoms with Crippen LogP contribution in [0.4, 0.5) is 0 Å². The molecule has 2 aliphatic rings. The summed E-state index contributed by atoms with van der Waals surface area (Å²) in [4.78, 5) is 2.58. The third-order valence-electron chi connectivity index (χ3n) is 4.46. The van der Waals surface area contributed by atoms with Crippen molar-refractivity contribution in [3.8, 4) is 0 Å². The molecular weight excluding hydrogens is 272 g/mol. The molecule has 3 unspecified atom stereocenters. The van der Waals surface area contributed by atoms with Gasteiger partial charge in [0.2, 0.25) is 0 Å². The molecule has 2 saturated heterocycles. The highest BCUT2D eigenvalue weighted by atomic mass is 35.5. The van der Waals surface area contributed by atoms with Crippen molar-refractivity contribution in [1.29, 1.82) is 0 Å². The Balaban J connectivity index is 1.49. The molecule has 2 fully saturated rings. The number of fused-ring (bicyclic) bond motifs is 1. The molecule has 3 atom stereocenters. The Morgan fingerprint density at radius 3 is 3.25 bits per heavy atom. The van der Waals surface area contributed by atoms with Crippen molar-refractivity contribution in [2.75, 3.05) is 26.2 Å². The number of nitrogens with zero attached hydrogens (tertiary/aromatic N) is 1. The molecule has 4 heteroatoms. The van der Waals surface area contributed by atoms with Gasteiger partial charge in [0.05, 0.1) is 12.7 Å². The van der Waals surface area contributed by atoms with Gasteiger partial charge in [0.1, 0.15) is 0 Å². The zero-order chi connectivity index (χ0) is 13.9. The van der Waals surface area contributed by atoms with E-state index in [2.05, 4.69) is 23.2 Å². The van der Waals surface area contributed by atoms with Gasteiger partial charge in [0.15, 0.2) is 0 Å². The van der Waals surface area contributed by atoms with Crippen LogP contribution >= 0.6 is 11.6 Å². The maximum atomic E-state index is 6.04. The van der Waals surface area contributed by atoms with Crippen molar-refractivity contribution in [1.82, 2.24) is 10.2 Å². The standard InChI is InChI=1S/C16H23ClN2O/c1-12(13-4-2-5-14(17)8-13)18-9-16-10-19-7-3-6-15(19)11-20-16/h2,4-5,8,12,15-16,18H,3,6-7,9-11H2,1H3. The molecular formula is C16H23ClN2O. The second-order valence-corrected chi connectivity index (χ2v) is 6.37. The van der Waals surface area contributed by atoms with E-state index in [9.17, 15) is 0 Å². The number of hydrogen-bond donors (Lipinski definition) is 1. The number of rotatable bonds is 4. The Morgan fingerprint density at radius 1 is 1.50 bits per heavy atom. The molecule has 20 heavy (non-hydrogen) atoms. The van der Waals surface area contributed by atoms with Crippen molar-refractivity contribution < 1.29 is 4.74 Å². The number of morpholine rings is 1. The summed E-state index contributed by atoms with van der Waals surface area (Å²) in [5, 5.41) is 4.36. The van der Waals surface area contributed by atoms with E-state index in [1.54, 1.807) is 0 Å². The van der Waals surface area contributed by atoms with Gasteiger partial charge in [0.25, 0.3) is 0 Å². The quantitative estimate of drug-likeness (QED) is 0.924. The van der Waals surface area contributed by atoms with Crippen LogP contribution in [0.2, 0.25) is 5.02 Å². The SMILES string of the molecule is CC(NCC1CN2CCCC2CO1)c1cccc(Cl)c1. The summed E-state index contributed by atoms with van der Waals surface area (Å²) in [6.07, 6.45) is 2.94. The van der Waals surface area contributed by atoms with Crippen LogP contribution < -0.4 is 5.32 Å². The molecule has 110 valence electrons. The molecule has 1 aromatic rings. The molecule has 1 N–H and O–H groups in total. The molecule has 2 heterocycles. The van der Waals surface area contributed by atoms with E-state index in [4.69, 9.17) is 16.3 Å². The average molecular weight is 295 g/mol. The topological polar surface area (TPSA) is 24.5 Å². The van der Waals surface area contributed by atoms with E-state index in [1.165, 1.54) is 24.9 Å². The summed E-state index contributed by atoms with van der Waals surface area (Å²) >= 11 is 6.04. The lowest BCUT2D eigenvalue weighted by molar-refractivity contribution is -0.0477. The second kappa shape index (κ2) is 6.44. The number of nitrogens with one attached hydrogen (secondary N) is 1. The summed E-state index contributed by atoms with van der Waals surface area (Å²) in [5.41, 5.74) is 1.23. The smallest absolute Gasteiger partial charge is 0.0827 e. The minimum absolute atomic E-state index is 0.300. The van der Waals surface area contributed by atoms with Gasteiger partial charge in [-0.05, 0) is 44.0 Å². The van der Waals surface area contributed by atoms with Gasteiger partial charge in [-0.1, -0.05) is 23.7 Å². The van der Waals surface area contributed by atoms with Crippen molar-refractivity contribution in [2.45, 2.75) is 38.0 Å². The van der Waals surface area contributed by atoms with Crippen LogP contribution in [-0.2, 0) is 4.74 Å². The van der Waals surface area contributed by atoms with Crippen LogP contribution in [0.1, 0.15) is 31.4 Å². The second-order valence-electron chi connectivity index (χ2n) is 5.93. The monoisotopic (exact) mass is 294 g/mol. The van der Waals surface area contributed by atoms with E-state index in [1.807, 2.05) is 18.2 Å². The lowest BCUT2D eigenvalue weighted by Gasteiger charge is -2.35. The molecule has 3 rings (SSSR count). The zero-order valence-corrected chi connectivity index (χ0v) is 12.8. The van der Waals surface area contributed by atoms with Crippen molar-refractivity contribution in [3.05, 3.63) is 34.9 Å². The maximum Gasteiger partial charge on any atom is 0.0827 e. The molecule has 0 radical (unpaired) electrons. The number of halogens is 1. The molecule has 0 bridgehead atoms. The van der Waals surface area contributed by atoms with Crippen molar-refractivity contribution >= 4 is 11.6 Å². The van der Waals surface area contributed by atoms with Gasteiger partial charge in [-0.15, -0.1) is 0 Å². The molecule has 3 nitrogen and oxygen atoms in total. The van der Waals surface area contributed by atoms with E-state index < -0.39 is 0 Å². The largest absolute Gasteiger partial charge is 0.374 e. The summed E-state index contributed by atoms with van der Waals surface area (Å²) in [6, 6.07) is 9.03. The van der Waals surface area contributed by atoms with Gasteiger partial charge in [-0.2, -0.15) is 0 Å². The predicted octanol–water partition coefficient (Wildman–Crippen LogP) is 2.85. The van der Waals surface area contributed by atoms with Gasteiger partial charge in [0, 0.05) is 30.2 Å². The Labute approximate surface area is 126 Å². The Morgan fingerprint density at radius 2 is 2.40 bits per heavy atom. The first-order valence-corrected chi connectivity index (χ1v) is 7.94. The number of ether oxygens (including phenoxy) is 1. The van der Waals surface area contributed by atoms with Crippen molar-refractivity contribution in [2.24, 2.45) is 0 Å². The highest BCUT2D eigenvalue weighted by Gasteiger charge is 2.32. The summed E-state index contributed by atoms with van der Waals surface area (Å²) in [5.74, 6) is 0. The minimum Gasteiger partial charge on any atom is -0.374 e. The third kappa shape index (κ3) is 3.34. The lowest BCUT2D eigenvalue weighted by atomic mass is 10.1. The average Bonchev–Trinajstić information content (AvgIpc) is 2.92. The Bertz CT molecular complexity index is 454. The van der Waals surface area contributed by atoms with E-state index in [0.29, 0.717) is 18.2 Å². The highest BCUT2D eigenvalue weighted by molar-refractivity contribution is 6.30. The van der Waals surface area contributed by atoms with E-state index in [-0.39, 0.29) is 0 Å². The molecule has 2 aliphatic heterocycles. The maximum absolute atomic E-state index is 6.04. The minimum atomic E-state index is 0.300. The summed E-state index contributed by atoms with van der Waals surface area (Å²) in [6.45, 7) is 6.29. The predicted molar refractivity (Wildman–Crippen MR) is 82.2 cm³/mol. The first-order chi connectivity index (χ1) is 9.72. The van der Waals surface area contributed by atoms with Gasteiger partial charge < -0.3 is 10.1 Å². The first kappa shape index (κ1) is 14.3. The van der Waals surface area contributed by atoms with E-state index >= 15 is 0 Å².